The third kappa shape index (κ3) is 1.37. The monoisotopic (exact) mass is 169 g/mol. The van der Waals surface area contributed by atoms with Gasteiger partial charge in [-0.25, -0.2) is 4.98 Å². The van der Waals surface area contributed by atoms with E-state index in [1.165, 1.54) is 0 Å². The summed E-state index contributed by atoms with van der Waals surface area (Å²) in [6.07, 6.45) is 0. The number of pyridine rings is 1. The Balaban J connectivity index is 2.72. The zero-order chi connectivity index (χ0) is 9.26. The Labute approximate surface area is 78.0 Å². The van der Waals surface area contributed by atoms with Crippen LogP contribution in [0.3, 0.4) is 0 Å². The molecule has 0 aliphatic heterocycles. The number of fused-ring (bicyclic) bond motifs is 1. The van der Waals surface area contributed by atoms with Crippen molar-refractivity contribution in [2.45, 2.75) is 0 Å². The van der Waals surface area contributed by atoms with Crippen molar-refractivity contribution < 1.29 is 4.74 Å². The molecule has 0 atom stereocenters. The van der Waals surface area contributed by atoms with Gasteiger partial charge < -0.3 is 4.74 Å². The number of benzene rings is 1. The lowest BCUT2D eigenvalue weighted by atomic mass is 9.92. The first-order valence-electron chi connectivity index (χ1n) is 4.00. The molecular formula is C10H8BNO. The van der Waals surface area contributed by atoms with Gasteiger partial charge in [0.25, 0.3) is 0 Å². The summed E-state index contributed by atoms with van der Waals surface area (Å²) in [5.41, 5.74) is 1.60. The second-order valence-corrected chi connectivity index (χ2v) is 2.77. The van der Waals surface area contributed by atoms with Crippen LogP contribution in [-0.4, -0.2) is 19.9 Å². The number of hydrogen-bond acceptors (Lipinski definition) is 2. The minimum atomic E-state index is 0.609. The molecule has 2 rings (SSSR count). The summed E-state index contributed by atoms with van der Waals surface area (Å²) in [6.45, 7) is 0. The first kappa shape index (κ1) is 8.11. The number of nitrogens with zero attached hydrogens (tertiary/aromatic N) is 1. The van der Waals surface area contributed by atoms with E-state index in [4.69, 9.17) is 12.6 Å². The fourth-order valence-corrected chi connectivity index (χ4v) is 1.27. The molecule has 0 aliphatic carbocycles. The zero-order valence-electron chi connectivity index (χ0n) is 7.32. The number of rotatable bonds is 1. The highest BCUT2D eigenvalue weighted by atomic mass is 16.5. The molecule has 0 bridgehead atoms. The molecule has 0 spiro atoms. The number of hydrogen-bond donors (Lipinski definition) is 0. The molecule has 3 heteroatoms. The smallest absolute Gasteiger partial charge is 0.213 e. The zero-order valence-corrected chi connectivity index (χ0v) is 7.32. The molecule has 1 aromatic heterocycles. The lowest BCUT2D eigenvalue weighted by Gasteiger charge is -2.03. The van der Waals surface area contributed by atoms with Gasteiger partial charge in [-0.3, -0.25) is 0 Å². The van der Waals surface area contributed by atoms with Gasteiger partial charge in [-0.1, -0.05) is 17.6 Å². The predicted molar refractivity (Wildman–Crippen MR) is 53.7 cm³/mol. The normalized spacial score (nSPS) is 10.2. The van der Waals surface area contributed by atoms with Gasteiger partial charge >= 0.3 is 0 Å². The summed E-state index contributed by atoms with van der Waals surface area (Å²) >= 11 is 0. The Hall–Kier alpha value is -1.51. The van der Waals surface area contributed by atoms with Gasteiger partial charge in [-0.2, -0.15) is 0 Å². The Kier molecular flexibility index (Phi) is 1.93. The Morgan fingerprint density at radius 3 is 2.85 bits per heavy atom. The summed E-state index contributed by atoms with van der Waals surface area (Å²) in [5, 5.41) is 0.961. The summed E-state index contributed by atoms with van der Waals surface area (Å²) in [7, 11) is 7.36. The van der Waals surface area contributed by atoms with Crippen LogP contribution >= 0.6 is 0 Å². The summed E-state index contributed by atoms with van der Waals surface area (Å²) in [5.74, 6) is 0.609. The van der Waals surface area contributed by atoms with Gasteiger partial charge in [-0.15, -0.1) is 0 Å². The van der Waals surface area contributed by atoms with Crippen LogP contribution in [0.1, 0.15) is 0 Å². The molecule has 1 heterocycles. The van der Waals surface area contributed by atoms with E-state index in [1.807, 2.05) is 24.3 Å². The fraction of sp³-hybridized carbons (Fsp3) is 0.100. The molecule has 0 N–H and O–H groups in total. The van der Waals surface area contributed by atoms with Gasteiger partial charge in [0.1, 0.15) is 7.85 Å². The summed E-state index contributed by atoms with van der Waals surface area (Å²) < 4.78 is 5.01. The van der Waals surface area contributed by atoms with Gasteiger partial charge in [0.2, 0.25) is 5.88 Å². The topological polar surface area (TPSA) is 22.1 Å². The molecule has 0 unspecified atom stereocenters. The number of methoxy groups -OCH3 is 1. The van der Waals surface area contributed by atoms with Crippen LogP contribution in [0.5, 0.6) is 5.88 Å². The SMILES string of the molecule is [B]c1cccc2nc(OC)ccc12. The lowest BCUT2D eigenvalue weighted by molar-refractivity contribution is 0.399. The second kappa shape index (κ2) is 3.09. The maximum absolute atomic E-state index is 5.77. The van der Waals surface area contributed by atoms with E-state index < -0.39 is 0 Å². The summed E-state index contributed by atoms with van der Waals surface area (Å²) in [4.78, 5) is 4.25. The van der Waals surface area contributed by atoms with Crippen LogP contribution in [-0.2, 0) is 0 Å². The highest BCUT2D eigenvalue weighted by Crippen LogP contribution is 2.13. The van der Waals surface area contributed by atoms with Crippen LogP contribution in [0.25, 0.3) is 10.9 Å². The molecule has 2 nitrogen and oxygen atoms in total. The van der Waals surface area contributed by atoms with Crippen molar-refractivity contribution >= 4 is 24.2 Å². The average molecular weight is 169 g/mol. The van der Waals surface area contributed by atoms with Crippen LogP contribution in [0.2, 0.25) is 0 Å². The molecule has 0 saturated carbocycles. The van der Waals surface area contributed by atoms with Gasteiger partial charge in [0, 0.05) is 6.07 Å². The first-order chi connectivity index (χ1) is 6.31. The van der Waals surface area contributed by atoms with Crippen LogP contribution in [0, 0.1) is 0 Å². The van der Waals surface area contributed by atoms with Crippen molar-refractivity contribution in [2.24, 2.45) is 0 Å². The standard InChI is InChI=1S/C10H8BNO/c1-13-10-6-5-7-8(11)3-2-4-9(7)12-10/h2-6H,1H3. The van der Waals surface area contributed by atoms with Crippen molar-refractivity contribution in [1.29, 1.82) is 0 Å². The number of aromatic nitrogens is 1. The fourth-order valence-electron chi connectivity index (χ4n) is 1.27. The van der Waals surface area contributed by atoms with Crippen molar-refractivity contribution in [2.75, 3.05) is 7.11 Å². The average Bonchev–Trinajstić information content (AvgIpc) is 2.18. The van der Waals surface area contributed by atoms with Crippen LogP contribution in [0.4, 0.5) is 0 Å². The quantitative estimate of drug-likeness (QED) is 0.595. The van der Waals surface area contributed by atoms with E-state index in [1.54, 1.807) is 13.2 Å². The lowest BCUT2D eigenvalue weighted by Crippen LogP contribution is -2.03. The van der Waals surface area contributed by atoms with E-state index in [0.29, 0.717) is 5.88 Å². The van der Waals surface area contributed by atoms with Crippen molar-refractivity contribution in [3.63, 3.8) is 0 Å². The summed E-state index contributed by atoms with van der Waals surface area (Å²) in [6, 6.07) is 9.37. The molecular weight excluding hydrogens is 161 g/mol. The van der Waals surface area contributed by atoms with E-state index in [9.17, 15) is 0 Å². The van der Waals surface area contributed by atoms with Crippen LogP contribution in [0.15, 0.2) is 30.3 Å². The minimum absolute atomic E-state index is 0.609. The Morgan fingerprint density at radius 1 is 1.23 bits per heavy atom. The van der Waals surface area contributed by atoms with Gasteiger partial charge in [0.15, 0.2) is 0 Å². The second-order valence-electron chi connectivity index (χ2n) is 2.77. The van der Waals surface area contributed by atoms with E-state index in [0.717, 1.165) is 16.4 Å². The van der Waals surface area contributed by atoms with Crippen molar-refractivity contribution in [3.8, 4) is 5.88 Å². The predicted octanol–water partition coefficient (Wildman–Crippen LogP) is 1.04. The third-order valence-corrected chi connectivity index (χ3v) is 1.95. The van der Waals surface area contributed by atoms with E-state index in [2.05, 4.69) is 4.98 Å². The highest BCUT2D eigenvalue weighted by molar-refractivity contribution is 6.38. The molecule has 2 radical (unpaired) electrons. The molecule has 0 amide bonds. The van der Waals surface area contributed by atoms with E-state index >= 15 is 0 Å². The molecule has 0 aliphatic rings. The first-order valence-corrected chi connectivity index (χ1v) is 4.00. The largest absolute Gasteiger partial charge is 0.481 e. The number of ether oxygens (including phenoxy) is 1. The Bertz CT molecular complexity index is 442. The maximum Gasteiger partial charge on any atom is 0.213 e. The highest BCUT2D eigenvalue weighted by Gasteiger charge is 1.98. The molecule has 0 fully saturated rings. The molecule has 62 valence electrons. The Morgan fingerprint density at radius 2 is 2.08 bits per heavy atom. The maximum atomic E-state index is 5.77. The molecule has 0 saturated heterocycles. The molecule has 13 heavy (non-hydrogen) atoms. The van der Waals surface area contributed by atoms with Gasteiger partial charge in [-0.05, 0) is 17.5 Å². The minimum Gasteiger partial charge on any atom is -0.481 e. The molecule has 2 aromatic rings. The van der Waals surface area contributed by atoms with Crippen molar-refractivity contribution in [3.05, 3.63) is 30.3 Å². The third-order valence-electron chi connectivity index (χ3n) is 1.95. The van der Waals surface area contributed by atoms with E-state index in [-0.39, 0.29) is 0 Å². The van der Waals surface area contributed by atoms with Crippen molar-refractivity contribution in [1.82, 2.24) is 4.98 Å². The van der Waals surface area contributed by atoms with Gasteiger partial charge in [0.05, 0.1) is 12.6 Å². The van der Waals surface area contributed by atoms with Crippen LogP contribution < -0.4 is 10.2 Å². The molecule has 1 aromatic carbocycles.